The number of carbonyl (C=O) groups excluding carboxylic acids is 2. The molecule has 1 aliphatic rings. The summed E-state index contributed by atoms with van der Waals surface area (Å²) in [6.45, 7) is 5.65. The Morgan fingerprint density at radius 1 is 1.06 bits per heavy atom. The maximum Gasteiger partial charge on any atom is 0.262 e. The Hall–Kier alpha value is -3.46. The quantitative estimate of drug-likeness (QED) is 0.563. The zero-order valence-electron chi connectivity index (χ0n) is 18.8. The average Bonchev–Trinajstić information content (AvgIpc) is 3.05. The van der Waals surface area contributed by atoms with Gasteiger partial charge in [-0.15, -0.1) is 0 Å². The van der Waals surface area contributed by atoms with Gasteiger partial charge in [0.15, 0.2) is 0 Å². The normalized spacial score (nSPS) is 13.9. The number of benzene rings is 2. The minimum Gasteiger partial charge on any atom is -0.310 e. The topological polar surface area (TPSA) is 110 Å². The number of aryl methyl sites for hydroxylation is 3. The van der Waals surface area contributed by atoms with E-state index >= 15 is 0 Å². The lowest BCUT2D eigenvalue weighted by Crippen LogP contribution is -2.15. The Balaban J connectivity index is 1.83. The molecule has 0 saturated carbocycles. The van der Waals surface area contributed by atoms with Crippen molar-refractivity contribution in [2.75, 3.05) is 10.0 Å². The SMILES string of the molecule is CCCc1nn2c(c1-c1ccc(C)c(S(=O)(=O)Nc3ccc(C)cc3)c1)NC(=O)CCC2=O. The maximum atomic E-state index is 13.2. The molecule has 33 heavy (non-hydrogen) atoms. The zero-order chi connectivity index (χ0) is 23.8. The van der Waals surface area contributed by atoms with Crippen LogP contribution in [-0.2, 0) is 21.2 Å². The predicted molar refractivity (Wildman–Crippen MR) is 127 cm³/mol. The van der Waals surface area contributed by atoms with Crippen LogP contribution in [0.4, 0.5) is 11.5 Å². The van der Waals surface area contributed by atoms with E-state index in [2.05, 4.69) is 15.1 Å². The fraction of sp³-hybridized carbons (Fsp3) is 0.292. The van der Waals surface area contributed by atoms with Crippen LogP contribution in [0.3, 0.4) is 0 Å². The first-order valence-electron chi connectivity index (χ1n) is 10.8. The molecular formula is C24H26N4O4S. The van der Waals surface area contributed by atoms with Gasteiger partial charge < -0.3 is 5.32 Å². The largest absolute Gasteiger partial charge is 0.310 e. The lowest BCUT2D eigenvalue weighted by atomic mass is 10.0. The number of nitrogens with one attached hydrogen (secondary N) is 2. The molecule has 1 aromatic heterocycles. The summed E-state index contributed by atoms with van der Waals surface area (Å²) in [5, 5.41) is 7.26. The Morgan fingerprint density at radius 3 is 2.48 bits per heavy atom. The van der Waals surface area contributed by atoms with Gasteiger partial charge in [-0.1, -0.05) is 43.2 Å². The predicted octanol–water partition coefficient (Wildman–Crippen LogP) is 4.29. The van der Waals surface area contributed by atoms with Crippen LogP contribution >= 0.6 is 0 Å². The molecule has 0 radical (unpaired) electrons. The van der Waals surface area contributed by atoms with Crippen molar-refractivity contribution >= 4 is 33.3 Å². The molecule has 2 aromatic carbocycles. The van der Waals surface area contributed by atoms with E-state index in [0.717, 1.165) is 12.0 Å². The second-order valence-corrected chi connectivity index (χ2v) is 9.88. The smallest absolute Gasteiger partial charge is 0.262 e. The van der Waals surface area contributed by atoms with Crippen molar-refractivity contribution in [3.05, 3.63) is 59.3 Å². The number of amides is 1. The summed E-state index contributed by atoms with van der Waals surface area (Å²) in [6, 6.07) is 12.2. The molecule has 0 bridgehead atoms. The number of rotatable bonds is 6. The minimum absolute atomic E-state index is 0.0690. The highest BCUT2D eigenvalue weighted by Crippen LogP contribution is 2.36. The molecule has 1 aliphatic heterocycles. The van der Waals surface area contributed by atoms with E-state index in [9.17, 15) is 18.0 Å². The number of aromatic nitrogens is 2. The Kier molecular flexibility index (Phi) is 6.07. The fourth-order valence-corrected chi connectivity index (χ4v) is 5.20. The van der Waals surface area contributed by atoms with Gasteiger partial charge >= 0.3 is 0 Å². The highest BCUT2D eigenvalue weighted by Gasteiger charge is 2.28. The molecule has 0 fully saturated rings. The highest BCUT2D eigenvalue weighted by atomic mass is 32.2. The van der Waals surface area contributed by atoms with Crippen LogP contribution < -0.4 is 10.0 Å². The van der Waals surface area contributed by atoms with E-state index in [4.69, 9.17) is 0 Å². The third kappa shape index (κ3) is 4.54. The monoisotopic (exact) mass is 466 g/mol. The van der Waals surface area contributed by atoms with Crippen molar-refractivity contribution < 1.29 is 18.0 Å². The maximum absolute atomic E-state index is 13.2. The molecule has 1 amide bonds. The van der Waals surface area contributed by atoms with E-state index in [1.165, 1.54) is 4.68 Å². The lowest BCUT2D eigenvalue weighted by Gasteiger charge is -2.13. The zero-order valence-corrected chi connectivity index (χ0v) is 19.6. The summed E-state index contributed by atoms with van der Waals surface area (Å²) in [4.78, 5) is 24.9. The van der Waals surface area contributed by atoms with Crippen molar-refractivity contribution in [3.8, 4) is 11.1 Å². The van der Waals surface area contributed by atoms with Crippen molar-refractivity contribution in [3.63, 3.8) is 0 Å². The summed E-state index contributed by atoms with van der Waals surface area (Å²) in [5.41, 5.74) is 3.86. The lowest BCUT2D eigenvalue weighted by molar-refractivity contribution is -0.116. The number of carbonyl (C=O) groups is 2. The van der Waals surface area contributed by atoms with Gasteiger partial charge in [-0.3, -0.25) is 14.3 Å². The van der Waals surface area contributed by atoms with Crippen molar-refractivity contribution in [1.82, 2.24) is 9.78 Å². The van der Waals surface area contributed by atoms with E-state index in [1.807, 2.05) is 26.0 Å². The molecule has 8 nitrogen and oxygen atoms in total. The number of nitrogens with zero attached hydrogens (tertiary/aromatic N) is 2. The number of anilines is 2. The number of hydrogen-bond acceptors (Lipinski definition) is 5. The first-order chi connectivity index (χ1) is 15.7. The van der Waals surface area contributed by atoms with Gasteiger partial charge in [0, 0.05) is 24.1 Å². The van der Waals surface area contributed by atoms with Crippen LogP contribution in [0.2, 0.25) is 0 Å². The molecule has 0 atom stereocenters. The van der Waals surface area contributed by atoms with Crippen molar-refractivity contribution in [2.24, 2.45) is 0 Å². The Bertz CT molecular complexity index is 1340. The third-order valence-corrected chi connectivity index (χ3v) is 7.10. The molecule has 2 N–H and O–H groups in total. The van der Waals surface area contributed by atoms with E-state index < -0.39 is 10.0 Å². The van der Waals surface area contributed by atoms with Crippen molar-refractivity contribution in [1.29, 1.82) is 0 Å². The molecule has 4 rings (SSSR count). The van der Waals surface area contributed by atoms with Crippen LogP contribution in [0.15, 0.2) is 47.4 Å². The summed E-state index contributed by atoms with van der Waals surface area (Å²) < 4.78 is 30.3. The van der Waals surface area contributed by atoms with Gasteiger partial charge in [0.25, 0.3) is 10.0 Å². The van der Waals surface area contributed by atoms with Crippen LogP contribution in [-0.4, -0.2) is 30.0 Å². The second kappa shape index (κ2) is 8.82. The molecule has 0 aliphatic carbocycles. The van der Waals surface area contributed by atoms with Gasteiger partial charge in [0.1, 0.15) is 5.82 Å². The summed E-state index contributed by atoms with van der Waals surface area (Å²) in [5.74, 6) is -0.245. The summed E-state index contributed by atoms with van der Waals surface area (Å²) in [7, 11) is -3.88. The molecule has 9 heteroatoms. The number of fused-ring (bicyclic) bond motifs is 1. The van der Waals surface area contributed by atoms with Crippen LogP contribution in [0, 0.1) is 13.8 Å². The first kappa shape index (κ1) is 22.7. The van der Waals surface area contributed by atoms with Crippen LogP contribution in [0.1, 0.15) is 47.8 Å². The average molecular weight is 467 g/mol. The Morgan fingerprint density at radius 2 is 1.79 bits per heavy atom. The van der Waals surface area contributed by atoms with Crippen LogP contribution in [0.25, 0.3) is 11.1 Å². The van der Waals surface area contributed by atoms with Gasteiger partial charge in [0.2, 0.25) is 11.8 Å². The first-order valence-corrected chi connectivity index (χ1v) is 12.3. The van der Waals surface area contributed by atoms with Gasteiger partial charge in [-0.2, -0.15) is 9.78 Å². The number of sulfonamides is 1. The van der Waals surface area contributed by atoms with Crippen molar-refractivity contribution in [2.45, 2.75) is 51.3 Å². The standard InChI is InChI=1S/C24H26N4O4S/c1-4-5-19-23(24-25-21(29)12-13-22(30)28(24)26-19)17-9-8-16(3)20(14-17)33(31,32)27-18-10-6-15(2)7-11-18/h6-11,14,27H,4-5,12-13H2,1-3H3,(H,25,29). The highest BCUT2D eigenvalue weighted by molar-refractivity contribution is 7.92. The third-order valence-electron chi connectivity index (χ3n) is 5.57. The fourth-order valence-electron chi connectivity index (χ4n) is 3.87. The minimum atomic E-state index is -3.88. The summed E-state index contributed by atoms with van der Waals surface area (Å²) >= 11 is 0. The van der Waals surface area contributed by atoms with E-state index in [0.29, 0.717) is 40.3 Å². The molecule has 3 aromatic rings. The Labute approximate surface area is 193 Å². The van der Waals surface area contributed by atoms with Crippen LogP contribution in [0.5, 0.6) is 0 Å². The molecule has 172 valence electrons. The molecule has 0 saturated heterocycles. The molecule has 2 heterocycles. The van der Waals surface area contributed by atoms with E-state index in [1.54, 1.807) is 37.3 Å². The van der Waals surface area contributed by atoms with Gasteiger partial charge in [0.05, 0.1) is 10.6 Å². The second-order valence-electron chi connectivity index (χ2n) is 8.23. The molecule has 0 unspecified atom stereocenters. The summed E-state index contributed by atoms with van der Waals surface area (Å²) in [6.07, 6.45) is 1.51. The molecular weight excluding hydrogens is 440 g/mol. The van der Waals surface area contributed by atoms with E-state index in [-0.39, 0.29) is 29.6 Å². The molecule has 0 spiro atoms. The van der Waals surface area contributed by atoms with Gasteiger partial charge in [-0.25, -0.2) is 8.42 Å². The van der Waals surface area contributed by atoms with Gasteiger partial charge in [-0.05, 0) is 49.6 Å². The number of hydrogen-bond donors (Lipinski definition) is 2.